The van der Waals surface area contributed by atoms with E-state index in [1.54, 1.807) is 12.4 Å². The van der Waals surface area contributed by atoms with Crippen LogP contribution in [0.2, 0.25) is 0 Å². The number of nitrogens with one attached hydrogen (secondary N) is 1. The minimum absolute atomic E-state index is 0.0778. The molecule has 3 aromatic rings. The summed E-state index contributed by atoms with van der Waals surface area (Å²) in [6.45, 7) is 1.42. The molecule has 1 aliphatic rings. The van der Waals surface area contributed by atoms with E-state index < -0.39 is 0 Å². The standard InChI is InChI=1S/C20H19N5O/c26-19(15-6-2-1-3-7-15)25-13-10-16(14-25)17-9-12-22-20(23-17)24-18-8-4-5-11-21-18/h1-9,11-12,16H,10,13-14H2,(H,21,22,23,24)/t16-/m1/s1. The molecule has 0 aliphatic carbocycles. The van der Waals surface area contributed by atoms with E-state index in [0.29, 0.717) is 18.3 Å². The summed E-state index contributed by atoms with van der Waals surface area (Å²) >= 11 is 0. The Labute approximate surface area is 151 Å². The number of anilines is 2. The number of nitrogens with zero attached hydrogens (tertiary/aromatic N) is 4. The van der Waals surface area contributed by atoms with Crippen LogP contribution in [-0.4, -0.2) is 38.8 Å². The Bertz CT molecular complexity index is 885. The van der Waals surface area contributed by atoms with Gasteiger partial charge in [0.25, 0.3) is 5.91 Å². The number of amides is 1. The summed E-state index contributed by atoms with van der Waals surface area (Å²) in [5.41, 5.74) is 1.68. The van der Waals surface area contributed by atoms with Crippen LogP contribution in [0.15, 0.2) is 67.0 Å². The average Bonchev–Trinajstić information content (AvgIpc) is 3.19. The van der Waals surface area contributed by atoms with Gasteiger partial charge >= 0.3 is 0 Å². The summed E-state index contributed by atoms with van der Waals surface area (Å²) < 4.78 is 0. The highest BCUT2D eigenvalue weighted by Crippen LogP contribution is 2.27. The largest absolute Gasteiger partial charge is 0.338 e. The smallest absolute Gasteiger partial charge is 0.253 e. The minimum atomic E-state index is 0.0778. The monoisotopic (exact) mass is 345 g/mol. The average molecular weight is 345 g/mol. The van der Waals surface area contributed by atoms with Crippen LogP contribution in [-0.2, 0) is 0 Å². The lowest BCUT2D eigenvalue weighted by Crippen LogP contribution is -2.28. The third-order valence-electron chi connectivity index (χ3n) is 4.50. The van der Waals surface area contributed by atoms with Gasteiger partial charge < -0.3 is 10.2 Å². The number of rotatable bonds is 4. The van der Waals surface area contributed by atoms with E-state index in [0.717, 1.165) is 24.2 Å². The van der Waals surface area contributed by atoms with Crippen LogP contribution in [0, 0.1) is 0 Å². The Hall–Kier alpha value is -3.28. The second kappa shape index (κ2) is 7.31. The number of hydrogen-bond donors (Lipinski definition) is 1. The number of likely N-dealkylation sites (tertiary alicyclic amines) is 1. The fraction of sp³-hybridized carbons (Fsp3) is 0.200. The molecule has 6 nitrogen and oxygen atoms in total. The van der Waals surface area contributed by atoms with E-state index in [9.17, 15) is 4.79 Å². The van der Waals surface area contributed by atoms with Gasteiger partial charge in [0.05, 0.1) is 5.69 Å². The number of aromatic nitrogens is 3. The van der Waals surface area contributed by atoms with Crippen molar-refractivity contribution in [3.8, 4) is 0 Å². The van der Waals surface area contributed by atoms with Crippen molar-refractivity contribution in [3.05, 3.63) is 78.2 Å². The maximum Gasteiger partial charge on any atom is 0.253 e. The van der Waals surface area contributed by atoms with E-state index in [2.05, 4.69) is 20.3 Å². The Balaban J connectivity index is 1.45. The van der Waals surface area contributed by atoms with Gasteiger partial charge in [-0.15, -0.1) is 0 Å². The molecule has 1 aliphatic heterocycles. The molecule has 130 valence electrons. The lowest BCUT2D eigenvalue weighted by Gasteiger charge is -2.16. The van der Waals surface area contributed by atoms with Gasteiger partial charge in [-0.3, -0.25) is 4.79 Å². The lowest BCUT2D eigenvalue weighted by molar-refractivity contribution is 0.0790. The van der Waals surface area contributed by atoms with Gasteiger partial charge in [-0.2, -0.15) is 0 Å². The normalized spacial score (nSPS) is 16.5. The molecule has 1 aromatic carbocycles. The SMILES string of the molecule is O=C(c1ccccc1)N1CC[C@@H](c2ccnc(Nc3ccccn3)n2)C1. The molecule has 1 N–H and O–H groups in total. The topological polar surface area (TPSA) is 71.0 Å². The lowest BCUT2D eigenvalue weighted by atomic mass is 10.1. The Morgan fingerprint density at radius 2 is 1.85 bits per heavy atom. The van der Waals surface area contributed by atoms with Gasteiger partial charge in [0.1, 0.15) is 5.82 Å². The number of hydrogen-bond acceptors (Lipinski definition) is 5. The summed E-state index contributed by atoms with van der Waals surface area (Å²) in [4.78, 5) is 27.6. The second-order valence-electron chi connectivity index (χ2n) is 6.25. The van der Waals surface area contributed by atoms with Crippen LogP contribution in [0.5, 0.6) is 0 Å². The van der Waals surface area contributed by atoms with Gasteiger partial charge in [0.2, 0.25) is 5.95 Å². The van der Waals surface area contributed by atoms with Crippen LogP contribution in [0.1, 0.15) is 28.4 Å². The molecule has 3 heterocycles. The summed E-state index contributed by atoms with van der Waals surface area (Å²) in [5.74, 6) is 1.52. The molecule has 0 bridgehead atoms. The molecule has 4 rings (SSSR count). The number of carbonyl (C=O) groups is 1. The molecule has 6 heteroatoms. The molecule has 0 spiro atoms. The van der Waals surface area contributed by atoms with Crippen molar-refractivity contribution in [1.82, 2.24) is 19.9 Å². The summed E-state index contributed by atoms with van der Waals surface area (Å²) in [6, 6.07) is 17.0. The van der Waals surface area contributed by atoms with Crippen molar-refractivity contribution >= 4 is 17.7 Å². The maximum atomic E-state index is 12.6. The molecular formula is C20H19N5O. The van der Waals surface area contributed by atoms with E-state index in [1.165, 1.54) is 0 Å². The molecule has 1 atom stereocenters. The fourth-order valence-corrected chi connectivity index (χ4v) is 3.16. The van der Waals surface area contributed by atoms with Crippen LogP contribution < -0.4 is 5.32 Å². The van der Waals surface area contributed by atoms with Crippen LogP contribution in [0.3, 0.4) is 0 Å². The van der Waals surface area contributed by atoms with E-state index in [1.807, 2.05) is 59.5 Å². The quantitative estimate of drug-likeness (QED) is 0.786. The van der Waals surface area contributed by atoms with Crippen molar-refractivity contribution in [2.24, 2.45) is 0 Å². The Morgan fingerprint density at radius 1 is 1.00 bits per heavy atom. The van der Waals surface area contributed by atoms with Crippen molar-refractivity contribution in [2.45, 2.75) is 12.3 Å². The number of pyridine rings is 1. The predicted molar refractivity (Wildman–Crippen MR) is 99.3 cm³/mol. The van der Waals surface area contributed by atoms with Gasteiger partial charge in [-0.25, -0.2) is 15.0 Å². The molecule has 1 saturated heterocycles. The Kier molecular flexibility index (Phi) is 4.55. The first-order valence-electron chi connectivity index (χ1n) is 8.65. The minimum Gasteiger partial charge on any atom is -0.338 e. The first-order chi connectivity index (χ1) is 12.8. The summed E-state index contributed by atoms with van der Waals surface area (Å²) in [6.07, 6.45) is 4.37. The van der Waals surface area contributed by atoms with Crippen LogP contribution in [0.4, 0.5) is 11.8 Å². The zero-order valence-electron chi connectivity index (χ0n) is 14.2. The molecular weight excluding hydrogens is 326 g/mol. The van der Waals surface area contributed by atoms with E-state index in [-0.39, 0.29) is 11.8 Å². The number of carbonyl (C=O) groups excluding carboxylic acids is 1. The molecule has 2 aromatic heterocycles. The van der Waals surface area contributed by atoms with Crippen molar-refractivity contribution in [3.63, 3.8) is 0 Å². The van der Waals surface area contributed by atoms with Crippen molar-refractivity contribution in [2.75, 3.05) is 18.4 Å². The molecule has 0 radical (unpaired) electrons. The Morgan fingerprint density at radius 3 is 2.65 bits per heavy atom. The van der Waals surface area contributed by atoms with Crippen molar-refractivity contribution in [1.29, 1.82) is 0 Å². The van der Waals surface area contributed by atoms with Crippen LogP contribution >= 0.6 is 0 Å². The maximum absolute atomic E-state index is 12.6. The van der Waals surface area contributed by atoms with E-state index in [4.69, 9.17) is 0 Å². The van der Waals surface area contributed by atoms with Gasteiger partial charge in [-0.1, -0.05) is 24.3 Å². The van der Waals surface area contributed by atoms with Gasteiger partial charge in [0.15, 0.2) is 0 Å². The fourth-order valence-electron chi connectivity index (χ4n) is 3.16. The summed E-state index contributed by atoms with van der Waals surface area (Å²) in [5, 5.41) is 3.11. The van der Waals surface area contributed by atoms with Crippen molar-refractivity contribution < 1.29 is 4.79 Å². The first kappa shape index (κ1) is 16.2. The highest BCUT2D eigenvalue weighted by molar-refractivity contribution is 5.94. The third kappa shape index (κ3) is 3.54. The molecule has 1 fully saturated rings. The molecule has 26 heavy (non-hydrogen) atoms. The molecule has 0 unspecified atom stereocenters. The zero-order valence-corrected chi connectivity index (χ0v) is 14.2. The zero-order chi connectivity index (χ0) is 17.8. The van der Waals surface area contributed by atoms with Crippen LogP contribution in [0.25, 0.3) is 0 Å². The third-order valence-corrected chi connectivity index (χ3v) is 4.50. The highest BCUT2D eigenvalue weighted by atomic mass is 16.2. The van der Waals surface area contributed by atoms with Gasteiger partial charge in [-0.05, 0) is 36.8 Å². The summed E-state index contributed by atoms with van der Waals surface area (Å²) in [7, 11) is 0. The van der Waals surface area contributed by atoms with E-state index >= 15 is 0 Å². The molecule has 1 amide bonds. The number of benzene rings is 1. The predicted octanol–water partition coefficient (Wildman–Crippen LogP) is 3.24. The molecule has 0 saturated carbocycles. The second-order valence-corrected chi connectivity index (χ2v) is 6.25. The highest BCUT2D eigenvalue weighted by Gasteiger charge is 2.28. The van der Waals surface area contributed by atoms with Gasteiger partial charge in [0, 0.05) is 37.0 Å². The first-order valence-corrected chi connectivity index (χ1v) is 8.65.